The molecule has 0 saturated heterocycles. The first-order chi connectivity index (χ1) is 11.3. The highest BCUT2D eigenvalue weighted by Crippen LogP contribution is 2.25. The second kappa shape index (κ2) is 7.29. The smallest absolute Gasteiger partial charge is 0.343 e. The molecule has 0 saturated carbocycles. The minimum Gasteiger partial charge on any atom is -0.457 e. The lowest BCUT2D eigenvalue weighted by Crippen LogP contribution is -2.22. The van der Waals surface area contributed by atoms with Gasteiger partial charge in [0.1, 0.15) is 17.2 Å². The van der Waals surface area contributed by atoms with Crippen LogP contribution < -0.4 is 5.32 Å². The van der Waals surface area contributed by atoms with Gasteiger partial charge in [-0.3, -0.25) is 0 Å². The van der Waals surface area contributed by atoms with E-state index < -0.39 is 16.0 Å². The number of aromatic nitrogens is 1. The highest BCUT2D eigenvalue weighted by Gasteiger charge is 2.20. The number of esters is 1. The molecule has 0 unspecified atom stereocenters. The van der Waals surface area contributed by atoms with E-state index in [1.54, 1.807) is 26.1 Å². The van der Waals surface area contributed by atoms with E-state index in [0.29, 0.717) is 21.8 Å². The Morgan fingerprint density at radius 3 is 2.71 bits per heavy atom. The van der Waals surface area contributed by atoms with Gasteiger partial charge in [-0.1, -0.05) is 12.1 Å². The first-order valence-electron chi connectivity index (χ1n) is 7.10. The zero-order valence-electron chi connectivity index (χ0n) is 13.9. The highest BCUT2D eigenvalue weighted by atomic mass is 32.2. The quantitative estimate of drug-likeness (QED) is 0.785. The van der Waals surface area contributed by atoms with Crippen LogP contribution in [0.25, 0.3) is 0 Å². The van der Waals surface area contributed by atoms with Gasteiger partial charge in [-0.2, -0.15) is 4.37 Å². The minimum absolute atomic E-state index is 0.0198. The van der Waals surface area contributed by atoms with Gasteiger partial charge in [0.25, 0.3) is 0 Å². The monoisotopic (exact) mass is 369 g/mol. The van der Waals surface area contributed by atoms with E-state index >= 15 is 0 Å². The number of nitrogens with zero attached hydrogens (tertiary/aromatic N) is 2. The Bertz CT molecular complexity index is 844. The van der Waals surface area contributed by atoms with E-state index in [4.69, 9.17) is 4.74 Å². The van der Waals surface area contributed by atoms with E-state index in [1.807, 2.05) is 0 Å². The summed E-state index contributed by atoms with van der Waals surface area (Å²) in [4.78, 5) is 12.4. The average molecular weight is 369 g/mol. The van der Waals surface area contributed by atoms with Gasteiger partial charge in [-0.15, -0.1) is 0 Å². The van der Waals surface area contributed by atoms with E-state index in [1.165, 1.54) is 37.8 Å². The molecule has 0 bridgehead atoms. The van der Waals surface area contributed by atoms with E-state index in [-0.39, 0.29) is 11.5 Å². The number of carbonyl (C=O) groups is 1. The topological polar surface area (TPSA) is 88.6 Å². The van der Waals surface area contributed by atoms with Crippen LogP contribution in [0.4, 0.5) is 5.00 Å². The van der Waals surface area contributed by atoms with Crippen LogP contribution in [0.3, 0.4) is 0 Å². The fraction of sp³-hybridized carbons (Fsp3) is 0.333. The van der Waals surface area contributed by atoms with Crippen molar-refractivity contribution in [3.63, 3.8) is 0 Å². The summed E-state index contributed by atoms with van der Waals surface area (Å²) in [6.07, 6.45) is 0. The fourth-order valence-electron chi connectivity index (χ4n) is 2.01. The molecule has 0 aliphatic heterocycles. The molecule has 0 aliphatic rings. The summed E-state index contributed by atoms with van der Waals surface area (Å²) in [7, 11) is 1.12. The number of hydrogen-bond donors (Lipinski definition) is 1. The lowest BCUT2D eigenvalue weighted by atomic mass is 10.2. The number of hydrogen-bond acceptors (Lipinski definition) is 7. The Morgan fingerprint density at radius 1 is 1.38 bits per heavy atom. The first kappa shape index (κ1) is 18.4. The Balaban J connectivity index is 2.16. The third-order valence-corrected chi connectivity index (χ3v) is 6.11. The van der Waals surface area contributed by atoms with E-state index in [2.05, 4.69) is 9.69 Å². The Hall–Kier alpha value is -1.97. The van der Waals surface area contributed by atoms with Gasteiger partial charge in [0.2, 0.25) is 10.0 Å². The maximum absolute atomic E-state index is 12.2. The number of nitrogens with one attached hydrogen (secondary N) is 1. The number of ether oxygens (including phenoxy) is 1. The van der Waals surface area contributed by atoms with Gasteiger partial charge in [0, 0.05) is 21.1 Å². The summed E-state index contributed by atoms with van der Waals surface area (Å²) in [6, 6.07) is 6.34. The lowest BCUT2D eigenvalue weighted by Gasteiger charge is -2.12. The van der Waals surface area contributed by atoms with Crippen LogP contribution in [-0.2, 0) is 21.4 Å². The largest absolute Gasteiger partial charge is 0.457 e. The van der Waals surface area contributed by atoms with Crippen molar-refractivity contribution >= 4 is 32.5 Å². The van der Waals surface area contributed by atoms with Crippen molar-refractivity contribution < 1.29 is 17.9 Å². The molecule has 2 aromatic rings. The van der Waals surface area contributed by atoms with Crippen molar-refractivity contribution in [3.8, 4) is 0 Å². The molecular formula is C15H19N3O4S2. The Kier molecular flexibility index (Phi) is 5.58. The summed E-state index contributed by atoms with van der Waals surface area (Å²) in [6.45, 7) is 1.71. The second-order valence-electron chi connectivity index (χ2n) is 5.23. The number of carbonyl (C=O) groups excluding carboxylic acids is 1. The van der Waals surface area contributed by atoms with Crippen molar-refractivity contribution in [2.75, 3.05) is 26.5 Å². The molecule has 0 spiro atoms. The second-order valence-corrected chi connectivity index (χ2v) is 8.16. The van der Waals surface area contributed by atoms with Crippen LogP contribution >= 0.6 is 11.5 Å². The molecule has 9 heteroatoms. The van der Waals surface area contributed by atoms with Gasteiger partial charge in [-0.05, 0) is 36.2 Å². The third kappa shape index (κ3) is 3.74. The predicted octanol–water partition coefficient (Wildman–Crippen LogP) is 2.10. The van der Waals surface area contributed by atoms with Gasteiger partial charge in [-0.25, -0.2) is 17.5 Å². The maximum Gasteiger partial charge on any atom is 0.343 e. The molecule has 24 heavy (non-hydrogen) atoms. The number of aryl methyl sites for hydroxylation is 1. The van der Waals surface area contributed by atoms with Crippen LogP contribution in [0.2, 0.25) is 0 Å². The molecular weight excluding hydrogens is 350 g/mol. The molecule has 1 N–H and O–H groups in total. The van der Waals surface area contributed by atoms with Crippen LogP contribution in [0, 0.1) is 6.92 Å². The normalized spacial score (nSPS) is 11.5. The van der Waals surface area contributed by atoms with Gasteiger partial charge < -0.3 is 10.1 Å². The molecule has 0 aliphatic carbocycles. The standard InChI is InChI=1S/C15H19N3O4S2/c1-10-13(14(16-2)23-17-10)15(19)22-9-11-6-5-7-12(8-11)24(20,21)18(3)4/h5-8,16H,9H2,1-4H3. The van der Waals surface area contributed by atoms with Gasteiger partial charge in [0.15, 0.2) is 0 Å². The number of sulfonamides is 1. The molecule has 1 aromatic heterocycles. The van der Waals surface area contributed by atoms with Crippen molar-refractivity contribution in [2.45, 2.75) is 18.4 Å². The summed E-state index contributed by atoms with van der Waals surface area (Å²) < 4.78 is 34.8. The van der Waals surface area contributed by atoms with Crippen molar-refractivity contribution in [1.82, 2.24) is 8.68 Å². The fourth-order valence-corrected chi connectivity index (χ4v) is 3.71. The molecule has 0 fully saturated rings. The van der Waals surface area contributed by atoms with Crippen LogP contribution in [0.1, 0.15) is 21.6 Å². The summed E-state index contributed by atoms with van der Waals surface area (Å²) in [5.41, 5.74) is 1.59. The molecule has 0 atom stereocenters. The van der Waals surface area contributed by atoms with Crippen LogP contribution in [-0.4, -0.2) is 44.2 Å². The van der Waals surface area contributed by atoms with Crippen molar-refractivity contribution in [1.29, 1.82) is 0 Å². The maximum atomic E-state index is 12.2. The zero-order valence-corrected chi connectivity index (χ0v) is 15.5. The summed E-state index contributed by atoms with van der Waals surface area (Å²) in [5.74, 6) is -0.494. The average Bonchev–Trinajstić information content (AvgIpc) is 2.93. The number of anilines is 1. The predicted molar refractivity (Wildman–Crippen MR) is 92.8 cm³/mol. The SMILES string of the molecule is CNc1snc(C)c1C(=O)OCc1cccc(S(=O)(=O)N(C)C)c1. The molecule has 7 nitrogen and oxygen atoms in total. The highest BCUT2D eigenvalue weighted by molar-refractivity contribution is 7.89. The molecule has 130 valence electrons. The van der Waals surface area contributed by atoms with Crippen LogP contribution in [0.5, 0.6) is 0 Å². The summed E-state index contributed by atoms with van der Waals surface area (Å²) in [5, 5.41) is 3.55. The van der Waals surface area contributed by atoms with Crippen molar-refractivity contribution in [3.05, 3.63) is 41.1 Å². The van der Waals surface area contributed by atoms with E-state index in [0.717, 1.165) is 4.31 Å². The summed E-state index contributed by atoms with van der Waals surface area (Å²) >= 11 is 1.19. The Morgan fingerprint density at radius 2 is 2.08 bits per heavy atom. The zero-order chi connectivity index (χ0) is 17.9. The molecule has 1 heterocycles. The molecule has 2 rings (SSSR count). The first-order valence-corrected chi connectivity index (χ1v) is 9.31. The Labute approximate surface area is 145 Å². The minimum atomic E-state index is -3.52. The van der Waals surface area contributed by atoms with Gasteiger partial charge in [0.05, 0.1) is 10.6 Å². The number of rotatable bonds is 6. The number of benzene rings is 1. The molecule has 0 radical (unpaired) electrons. The van der Waals surface area contributed by atoms with Gasteiger partial charge >= 0.3 is 5.97 Å². The third-order valence-electron chi connectivity index (χ3n) is 3.34. The molecule has 0 amide bonds. The van der Waals surface area contributed by atoms with Crippen LogP contribution in [0.15, 0.2) is 29.2 Å². The van der Waals surface area contributed by atoms with Crippen molar-refractivity contribution in [2.24, 2.45) is 0 Å². The van der Waals surface area contributed by atoms with E-state index in [9.17, 15) is 13.2 Å². The molecule has 1 aromatic carbocycles. The lowest BCUT2D eigenvalue weighted by molar-refractivity contribution is 0.0473.